The first kappa shape index (κ1) is 19.7. The van der Waals surface area contributed by atoms with Crippen molar-refractivity contribution in [1.82, 2.24) is 15.1 Å². The smallest absolute Gasteiger partial charge is 0.260 e. The van der Waals surface area contributed by atoms with Gasteiger partial charge in [-0.25, -0.2) is 0 Å². The number of carbonyl (C=O) groups excluding carboxylic acids is 2. The predicted octanol–water partition coefficient (Wildman–Crippen LogP) is 2.00. The van der Waals surface area contributed by atoms with E-state index in [1.54, 1.807) is 0 Å². The van der Waals surface area contributed by atoms with Crippen LogP contribution in [0.2, 0.25) is 0 Å². The van der Waals surface area contributed by atoms with Crippen molar-refractivity contribution in [3.63, 3.8) is 0 Å². The summed E-state index contributed by atoms with van der Waals surface area (Å²) in [5.41, 5.74) is 0.685. The summed E-state index contributed by atoms with van der Waals surface area (Å²) in [5.74, 6) is 1.27. The molecule has 1 N–H and O–H groups in total. The van der Waals surface area contributed by atoms with Crippen molar-refractivity contribution < 1.29 is 14.3 Å². The van der Waals surface area contributed by atoms with E-state index in [2.05, 4.69) is 30.1 Å². The summed E-state index contributed by atoms with van der Waals surface area (Å²) < 4.78 is 5.87. The Bertz CT molecular complexity index is 683. The fraction of sp³-hybridized carbons (Fsp3) is 0.619. The van der Waals surface area contributed by atoms with Crippen molar-refractivity contribution in [2.24, 2.45) is 0 Å². The maximum Gasteiger partial charge on any atom is 0.260 e. The quantitative estimate of drug-likeness (QED) is 0.858. The molecule has 1 atom stereocenters. The number of likely N-dealkylation sites (tertiary alicyclic amines) is 1. The van der Waals surface area contributed by atoms with Gasteiger partial charge in [-0.05, 0) is 43.9 Å². The topological polar surface area (TPSA) is 61.9 Å². The molecule has 148 valence electrons. The van der Waals surface area contributed by atoms with Crippen molar-refractivity contribution >= 4 is 11.8 Å². The third kappa shape index (κ3) is 3.95. The number of nitrogens with zero attached hydrogens (tertiary/aromatic N) is 2. The third-order valence-electron chi connectivity index (χ3n) is 6.24. The molecule has 1 spiro atoms. The van der Waals surface area contributed by atoms with Crippen LogP contribution in [0.15, 0.2) is 24.3 Å². The summed E-state index contributed by atoms with van der Waals surface area (Å²) >= 11 is 0. The van der Waals surface area contributed by atoms with Gasteiger partial charge in [0.15, 0.2) is 6.61 Å². The summed E-state index contributed by atoms with van der Waals surface area (Å²) in [7, 11) is 2.01. The molecule has 27 heavy (non-hydrogen) atoms. The first-order valence-electron chi connectivity index (χ1n) is 9.97. The number of amides is 2. The minimum absolute atomic E-state index is 0.0114. The number of para-hydroxylation sites is 1. The highest BCUT2D eigenvalue weighted by atomic mass is 16.5. The Morgan fingerprint density at radius 1 is 1.26 bits per heavy atom. The molecule has 0 unspecified atom stereocenters. The second-order valence-electron chi connectivity index (χ2n) is 7.73. The van der Waals surface area contributed by atoms with Crippen LogP contribution in [0.25, 0.3) is 0 Å². The Labute approximate surface area is 161 Å². The molecule has 6 heteroatoms. The lowest BCUT2D eigenvalue weighted by atomic mass is 9.83. The molecule has 2 amide bonds. The van der Waals surface area contributed by atoms with E-state index < -0.39 is 5.54 Å². The minimum Gasteiger partial charge on any atom is -0.483 e. The number of rotatable bonds is 5. The highest BCUT2D eigenvalue weighted by Crippen LogP contribution is 2.31. The zero-order valence-corrected chi connectivity index (χ0v) is 16.7. The van der Waals surface area contributed by atoms with Crippen molar-refractivity contribution in [2.45, 2.75) is 44.6 Å². The van der Waals surface area contributed by atoms with Crippen molar-refractivity contribution in [1.29, 1.82) is 0 Å². The van der Waals surface area contributed by atoms with Crippen LogP contribution in [0, 0.1) is 0 Å². The van der Waals surface area contributed by atoms with E-state index in [1.165, 1.54) is 0 Å². The molecular weight excluding hydrogens is 342 g/mol. The van der Waals surface area contributed by atoms with Crippen LogP contribution in [0.5, 0.6) is 5.75 Å². The van der Waals surface area contributed by atoms with Gasteiger partial charge in [-0.1, -0.05) is 32.0 Å². The molecule has 2 aliphatic heterocycles. The average Bonchev–Trinajstić information content (AvgIpc) is 2.70. The fourth-order valence-corrected chi connectivity index (χ4v) is 4.09. The van der Waals surface area contributed by atoms with Gasteiger partial charge in [0.25, 0.3) is 5.91 Å². The molecule has 2 saturated heterocycles. The average molecular weight is 373 g/mol. The second kappa shape index (κ2) is 8.30. The number of piperidine rings is 1. The molecule has 2 aliphatic rings. The van der Waals surface area contributed by atoms with Gasteiger partial charge in [0.05, 0.1) is 0 Å². The first-order chi connectivity index (χ1) is 13.0. The second-order valence-corrected chi connectivity index (χ2v) is 7.73. The van der Waals surface area contributed by atoms with Gasteiger partial charge in [-0.2, -0.15) is 0 Å². The van der Waals surface area contributed by atoms with Crippen LogP contribution < -0.4 is 10.1 Å². The van der Waals surface area contributed by atoms with E-state index in [0.29, 0.717) is 38.4 Å². The van der Waals surface area contributed by atoms with E-state index in [4.69, 9.17) is 4.74 Å². The Morgan fingerprint density at radius 2 is 1.96 bits per heavy atom. The molecular formula is C21H31N3O3. The maximum absolute atomic E-state index is 12.6. The number of nitrogens with one attached hydrogen (secondary N) is 1. The van der Waals surface area contributed by atoms with Crippen LogP contribution >= 0.6 is 0 Å². The van der Waals surface area contributed by atoms with Gasteiger partial charge in [0.2, 0.25) is 5.91 Å². The molecule has 3 rings (SSSR count). The van der Waals surface area contributed by atoms with E-state index >= 15 is 0 Å². The largest absolute Gasteiger partial charge is 0.483 e. The fourth-order valence-electron chi connectivity index (χ4n) is 4.09. The van der Waals surface area contributed by atoms with Gasteiger partial charge < -0.3 is 15.0 Å². The highest BCUT2D eigenvalue weighted by molar-refractivity contribution is 5.87. The number of hydrogen-bond donors (Lipinski definition) is 1. The van der Waals surface area contributed by atoms with Crippen LogP contribution in [-0.2, 0) is 9.59 Å². The Morgan fingerprint density at radius 3 is 2.63 bits per heavy atom. The summed E-state index contributed by atoms with van der Waals surface area (Å²) in [6, 6.07) is 7.94. The summed E-state index contributed by atoms with van der Waals surface area (Å²) in [4.78, 5) is 29.0. The van der Waals surface area contributed by atoms with Gasteiger partial charge in [-0.3, -0.25) is 14.5 Å². The first-order valence-corrected chi connectivity index (χ1v) is 9.97. The van der Waals surface area contributed by atoms with Crippen molar-refractivity contribution in [2.75, 3.05) is 39.8 Å². The molecule has 2 fully saturated rings. The van der Waals surface area contributed by atoms with Crippen molar-refractivity contribution in [3.8, 4) is 5.75 Å². The number of benzene rings is 1. The number of hydrogen-bond acceptors (Lipinski definition) is 4. The van der Waals surface area contributed by atoms with Crippen LogP contribution in [-0.4, -0.2) is 67.0 Å². The zero-order chi connectivity index (χ0) is 19.4. The number of ether oxygens (including phenoxy) is 1. The van der Waals surface area contributed by atoms with Crippen LogP contribution in [0.1, 0.15) is 44.6 Å². The number of likely N-dealkylation sites (N-methyl/N-ethyl adjacent to an activating group) is 1. The van der Waals surface area contributed by atoms with Crippen LogP contribution in [0.3, 0.4) is 0 Å². The Hall–Kier alpha value is -2.08. The molecule has 0 bridgehead atoms. The maximum atomic E-state index is 12.6. The van der Waals surface area contributed by atoms with E-state index in [9.17, 15) is 9.59 Å². The minimum atomic E-state index is -0.459. The lowest BCUT2D eigenvalue weighted by molar-refractivity contribution is -0.145. The Balaban J connectivity index is 1.57. The normalized spacial score (nSPS) is 21.0. The SMILES string of the molecule is CC[C@H](C)c1ccccc1OCC(=O)N1CCC2(CC1)C(=O)NCCN2C. The van der Waals surface area contributed by atoms with E-state index in [1.807, 2.05) is 30.1 Å². The molecule has 0 aromatic heterocycles. The number of carbonyl (C=O) groups is 2. The summed E-state index contributed by atoms with van der Waals surface area (Å²) in [6.07, 6.45) is 2.37. The van der Waals surface area contributed by atoms with E-state index in [-0.39, 0.29) is 18.4 Å². The highest BCUT2D eigenvalue weighted by Gasteiger charge is 2.46. The van der Waals surface area contributed by atoms with Gasteiger partial charge >= 0.3 is 0 Å². The molecule has 6 nitrogen and oxygen atoms in total. The lowest BCUT2D eigenvalue weighted by Crippen LogP contribution is -2.67. The molecule has 2 heterocycles. The van der Waals surface area contributed by atoms with Crippen molar-refractivity contribution in [3.05, 3.63) is 29.8 Å². The summed E-state index contributed by atoms with van der Waals surface area (Å²) in [5, 5.41) is 2.98. The molecule has 0 radical (unpaired) electrons. The van der Waals surface area contributed by atoms with Gasteiger partial charge in [0.1, 0.15) is 11.3 Å². The molecule has 0 aliphatic carbocycles. The Kier molecular flexibility index (Phi) is 6.05. The number of piperazine rings is 1. The molecule has 0 saturated carbocycles. The van der Waals surface area contributed by atoms with Gasteiger partial charge in [0, 0.05) is 26.2 Å². The monoisotopic (exact) mass is 373 g/mol. The lowest BCUT2D eigenvalue weighted by Gasteiger charge is -2.48. The molecule has 1 aromatic rings. The van der Waals surface area contributed by atoms with E-state index in [0.717, 1.165) is 24.3 Å². The van der Waals surface area contributed by atoms with Gasteiger partial charge in [-0.15, -0.1) is 0 Å². The summed E-state index contributed by atoms with van der Waals surface area (Å²) in [6.45, 7) is 7.09. The third-order valence-corrected chi connectivity index (χ3v) is 6.24. The molecule has 1 aromatic carbocycles. The predicted molar refractivity (Wildman–Crippen MR) is 105 cm³/mol. The zero-order valence-electron chi connectivity index (χ0n) is 16.7. The standard InChI is InChI=1S/C21H31N3O3/c1-4-16(2)17-7-5-6-8-18(17)27-15-19(25)24-12-9-21(10-13-24)20(26)22-11-14-23(21)3/h5-8,16H,4,9-15H2,1-3H3,(H,22,26)/t16-/m0/s1. The van der Waals surface area contributed by atoms with Crippen LogP contribution in [0.4, 0.5) is 0 Å².